The van der Waals surface area contributed by atoms with E-state index in [-0.39, 0.29) is 0 Å². The first kappa shape index (κ1) is 26.4. The van der Waals surface area contributed by atoms with Crippen molar-refractivity contribution in [1.29, 1.82) is 0 Å². The maximum Gasteiger partial charge on any atom is 0.453 e. The minimum Gasteiger partial charge on any atom is -0.285 e. The second kappa shape index (κ2) is 7.68. The highest BCUT2D eigenvalue weighted by Gasteiger charge is 2.71. The summed E-state index contributed by atoms with van der Waals surface area (Å²) in [5.41, 5.74) is 0. The third-order valence-electron chi connectivity index (χ3n) is 2.21. The van der Waals surface area contributed by atoms with Crippen LogP contribution in [-0.4, -0.2) is 36.4 Å². The van der Waals surface area contributed by atoms with Crippen LogP contribution in [0.4, 0.5) is 61.5 Å². The van der Waals surface area contributed by atoms with Crippen molar-refractivity contribution in [2.75, 3.05) is 0 Å². The van der Waals surface area contributed by atoms with Crippen LogP contribution in [0.25, 0.3) is 0 Å². The molecule has 2 atom stereocenters. The number of hydrogen-bond donors (Lipinski definition) is 0. The van der Waals surface area contributed by atoms with Gasteiger partial charge in [-0.15, -0.1) is 0 Å². The van der Waals surface area contributed by atoms with Crippen molar-refractivity contribution in [1.82, 2.24) is 0 Å². The van der Waals surface area contributed by atoms with Gasteiger partial charge in [-0.25, -0.2) is 0 Å². The summed E-state index contributed by atoms with van der Waals surface area (Å²) in [7, 11) is 0. The average molecular weight is 564 g/mol. The number of rotatable bonds is 4. The van der Waals surface area contributed by atoms with E-state index >= 15 is 0 Å². The van der Waals surface area contributed by atoms with Crippen LogP contribution in [0.15, 0.2) is 21.1 Å². The van der Waals surface area contributed by atoms with Crippen LogP contribution in [0.5, 0.6) is 0 Å². The molecule has 0 N–H and O–H groups in total. The summed E-state index contributed by atoms with van der Waals surface area (Å²) >= 11 is 2.66. The number of hydrogen-bond acceptors (Lipinski definition) is 1. The molecule has 0 aromatic heterocycles. The van der Waals surface area contributed by atoms with Gasteiger partial charge in [-0.3, -0.25) is 4.74 Å². The van der Waals surface area contributed by atoms with E-state index in [1.165, 1.54) is 31.9 Å². The van der Waals surface area contributed by atoms with Crippen molar-refractivity contribution < 1.29 is 66.2 Å². The molecule has 0 spiro atoms. The first-order chi connectivity index (χ1) is 11.5. The molecule has 0 aliphatic rings. The zero-order valence-corrected chi connectivity index (χ0v) is 14.8. The molecule has 0 heterocycles. The van der Waals surface area contributed by atoms with Crippen molar-refractivity contribution >= 4 is 31.9 Å². The van der Waals surface area contributed by atoms with E-state index in [0.717, 1.165) is 0 Å². The lowest BCUT2D eigenvalue weighted by Crippen LogP contribution is -2.55. The minimum atomic E-state index is -6.79. The Labute approximate surface area is 156 Å². The van der Waals surface area contributed by atoms with Gasteiger partial charge in [-0.05, 0) is 31.9 Å². The number of ether oxygens (including phenoxy) is 1. The molecule has 27 heavy (non-hydrogen) atoms. The molecule has 17 heteroatoms. The fraction of sp³-hybridized carbons (Fsp3) is 0.600. The maximum atomic E-state index is 14.0. The maximum absolute atomic E-state index is 14.0. The third-order valence-corrected chi connectivity index (χ3v) is 3.68. The Kier molecular flexibility index (Phi) is 7.52. The van der Waals surface area contributed by atoms with Crippen LogP contribution in [-0.2, 0) is 4.74 Å². The largest absolute Gasteiger partial charge is 0.453 e. The first-order valence-corrected chi connectivity index (χ1v) is 7.17. The van der Waals surface area contributed by atoms with Gasteiger partial charge in [0.25, 0.3) is 0 Å². The molecule has 0 rings (SSSR count). The van der Waals surface area contributed by atoms with Crippen LogP contribution < -0.4 is 0 Å². The van der Waals surface area contributed by atoms with E-state index in [1.807, 2.05) is 0 Å². The van der Waals surface area contributed by atoms with E-state index in [1.54, 1.807) is 0 Å². The van der Waals surface area contributed by atoms with E-state index in [4.69, 9.17) is 0 Å². The SMILES string of the molecule is FC(F)(F)C=C(Br)C(F)(OC(F)(C(Br)=CC(F)(F)F)C(F)(F)F)C(F)(F)F. The molecule has 0 saturated carbocycles. The predicted octanol–water partition coefficient (Wildman–Crippen LogP) is 7.14. The second-order valence-electron chi connectivity index (χ2n) is 4.36. The van der Waals surface area contributed by atoms with Crippen LogP contribution in [0.2, 0.25) is 0 Å². The van der Waals surface area contributed by atoms with Crippen LogP contribution >= 0.6 is 31.9 Å². The zero-order chi connectivity index (χ0) is 22.3. The summed E-state index contributed by atoms with van der Waals surface area (Å²) in [5, 5.41) is 0. The van der Waals surface area contributed by atoms with Gasteiger partial charge in [0.15, 0.2) is 0 Å². The summed E-state index contributed by atoms with van der Waals surface area (Å²) in [6, 6.07) is 0. The monoisotopic (exact) mass is 562 g/mol. The van der Waals surface area contributed by atoms with Crippen molar-refractivity contribution in [3.05, 3.63) is 21.1 Å². The molecule has 1 nitrogen and oxygen atoms in total. The molecule has 2 unspecified atom stereocenters. The Hall–Kier alpha value is -0.580. The molecule has 0 aliphatic heterocycles. The fourth-order valence-electron chi connectivity index (χ4n) is 1.15. The van der Waals surface area contributed by atoms with E-state index in [0.29, 0.717) is 0 Å². The lowest BCUT2D eigenvalue weighted by molar-refractivity contribution is -0.406. The van der Waals surface area contributed by atoms with Crippen molar-refractivity contribution in [2.24, 2.45) is 0 Å². The molecule has 0 aliphatic carbocycles. The van der Waals surface area contributed by atoms with Crippen molar-refractivity contribution in [3.63, 3.8) is 0 Å². The molecule has 0 saturated heterocycles. The lowest BCUT2D eigenvalue weighted by atomic mass is 10.2. The first-order valence-electron chi connectivity index (χ1n) is 5.59. The van der Waals surface area contributed by atoms with Gasteiger partial charge in [0.05, 0.1) is 8.96 Å². The third kappa shape index (κ3) is 6.76. The highest BCUT2D eigenvalue weighted by atomic mass is 79.9. The minimum absolute atomic E-state index is 1.33. The number of allylic oxidation sites excluding steroid dienone is 2. The van der Waals surface area contributed by atoms with Gasteiger partial charge in [0.1, 0.15) is 0 Å². The zero-order valence-electron chi connectivity index (χ0n) is 11.6. The molecule has 0 aromatic rings. The molecule has 0 aromatic carbocycles. The Bertz CT molecular complexity index is 545. The normalized spacial score (nSPS) is 20.3. The van der Waals surface area contributed by atoms with Gasteiger partial charge in [-0.2, -0.15) is 61.5 Å². The van der Waals surface area contributed by atoms with E-state index in [2.05, 4.69) is 4.74 Å². The number of halogens is 16. The Morgan fingerprint density at radius 1 is 0.519 bits per heavy atom. The highest BCUT2D eigenvalue weighted by molar-refractivity contribution is 9.12. The Morgan fingerprint density at radius 2 is 0.741 bits per heavy atom. The average Bonchev–Trinajstić information content (AvgIpc) is 2.31. The molecule has 0 fully saturated rings. The van der Waals surface area contributed by atoms with Crippen LogP contribution in [0, 0.1) is 0 Å². The molecule has 0 radical (unpaired) electrons. The molecular formula is C10H2Br2F14O. The van der Waals surface area contributed by atoms with Crippen molar-refractivity contribution in [3.8, 4) is 0 Å². The summed E-state index contributed by atoms with van der Waals surface area (Å²) in [4.78, 5) is 0. The second-order valence-corrected chi connectivity index (χ2v) is 6.06. The molecule has 0 amide bonds. The Morgan fingerprint density at radius 3 is 0.889 bits per heavy atom. The van der Waals surface area contributed by atoms with Crippen LogP contribution in [0.1, 0.15) is 0 Å². The lowest BCUT2D eigenvalue weighted by Gasteiger charge is -2.36. The summed E-state index contributed by atoms with van der Waals surface area (Å²) in [6.07, 6.45) is -28.2. The standard InChI is InChI=1S/C10H2Br2F14O/c11-3(1-5(13,14)15)7(19,9(21,22)23)27-8(20,10(24,25)26)4(12)2-6(16,17)18/h1-2H. The van der Waals surface area contributed by atoms with Crippen LogP contribution in [0.3, 0.4) is 0 Å². The number of alkyl halides is 14. The van der Waals surface area contributed by atoms with Gasteiger partial charge >= 0.3 is 36.4 Å². The molecule has 160 valence electrons. The van der Waals surface area contributed by atoms with Gasteiger partial charge in [-0.1, -0.05) is 0 Å². The summed E-state index contributed by atoms with van der Waals surface area (Å²) in [6.45, 7) is 0. The predicted molar refractivity (Wildman–Crippen MR) is 67.0 cm³/mol. The van der Waals surface area contributed by atoms with Gasteiger partial charge < -0.3 is 0 Å². The van der Waals surface area contributed by atoms with E-state index < -0.39 is 57.5 Å². The fourth-order valence-corrected chi connectivity index (χ4v) is 2.28. The topological polar surface area (TPSA) is 9.23 Å². The summed E-state index contributed by atoms with van der Waals surface area (Å²) in [5.74, 6) is -12.4. The molecular weight excluding hydrogens is 562 g/mol. The van der Waals surface area contributed by atoms with Crippen molar-refractivity contribution in [2.45, 2.75) is 36.4 Å². The quantitative estimate of drug-likeness (QED) is 0.330. The smallest absolute Gasteiger partial charge is 0.285 e. The van der Waals surface area contributed by atoms with Gasteiger partial charge in [0.2, 0.25) is 0 Å². The molecule has 0 bridgehead atoms. The Balaban J connectivity index is 6.63. The highest BCUT2D eigenvalue weighted by Crippen LogP contribution is 2.53. The van der Waals surface area contributed by atoms with E-state index in [9.17, 15) is 61.5 Å². The van der Waals surface area contributed by atoms with Gasteiger partial charge in [0, 0.05) is 12.2 Å². The summed E-state index contributed by atoms with van der Waals surface area (Å²) < 4.78 is 174.